The van der Waals surface area contributed by atoms with Crippen molar-refractivity contribution in [3.05, 3.63) is 24.2 Å². The maximum Gasteiger partial charge on any atom is 0.161 e. The minimum atomic E-state index is 0.497. The molecule has 0 amide bonds. The van der Waals surface area contributed by atoms with Crippen LogP contribution in [0.2, 0.25) is 0 Å². The molecule has 0 spiro atoms. The van der Waals surface area contributed by atoms with E-state index in [1.165, 1.54) is 38.5 Å². The molecule has 2 heterocycles. The Kier molecular flexibility index (Phi) is 5.39. The van der Waals surface area contributed by atoms with E-state index in [0.29, 0.717) is 5.92 Å². The van der Waals surface area contributed by atoms with E-state index in [4.69, 9.17) is 4.74 Å². The van der Waals surface area contributed by atoms with Crippen LogP contribution in [0.1, 0.15) is 64.1 Å². The second-order valence-corrected chi connectivity index (χ2v) is 5.34. The Morgan fingerprint density at radius 2 is 1.80 bits per heavy atom. The average Bonchev–Trinajstić information content (AvgIpc) is 2.90. The van der Waals surface area contributed by atoms with Gasteiger partial charge in [-0.2, -0.15) is 0 Å². The van der Waals surface area contributed by atoms with Crippen molar-refractivity contribution in [3.63, 3.8) is 0 Å². The van der Waals surface area contributed by atoms with Gasteiger partial charge in [0.05, 0.1) is 13.3 Å². The van der Waals surface area contributed by atoms with Crippen LogP contribution in [0.4, 0.5) is 0 Å². The molecule has 0 atom stereocenters. The van der Waals surface area contributed by atoms with Gasteiger partial charge >= 0.3 is 0 Å². The second kappa shape index (κ2) is 7.27. The first-order valence-electron chi connectivity index (χ1n) is 7.68. The Morgan fingerprint density at radius 1 is 1.10 bits per heavy atom. The third-order valence-corrected chi connectivity index (χ3v) is 3.81. The Morgan fingerprint density at radius 3 is 2.40 bits per heavy atom. The first-order valence-corrected chi connectivity index (χ1v) is 7.68. The van der Waals surface area contributed by atoms with Crippen LogP contribution in [0, 0.1) is 0 Å². The average molecular weight is 275 g/mol. The fourth-order valence-corrected chi connectivity index (χ4v) is 2.59. The number of nitrogens with zero attached hydrogens (tertiary/aromatic N) is 3. The summed E-state index contributed by atoms with van der Waals surface area (Å²) < 4.78 is 7.40. The number of unbranched alkanes of at least 4 members (excludes halogenated alkanes) is 2. The maximum atomic E-state index is 5.31. The van der Waals surface area contributed by atoms with Gasteiger partial charge in [0.15, 0.2) is 5.65 Å². The van der Waals surface area contributed by atoms with Gasteiger partial charge < -0.3 is 4.74 Å². The molecule has 0 aliphatic heterocycles. The lowest BCUT2D eigenvalue weighted by molar-refractivity contribution is 0.411. The highest BCUT2D eigenvalue weighted by Crippen LogP contribution is 2.27. The van der Waals surface area contributed by atoms with Crippen LogP contribution in [-0.4, -0.2) is 21.7 Å². The van der Waals surface area contributed by atoms with Crippen LogP contribution in [0.5, 0.6) is 5.75 Å². The molecule has 2 aromatic rings. The molecule has 0 aromatic carbocycles. The van der Waals surface area contributed by atoms with Gasteiger partial charge in [0, 0.05) is 5.92 Å². The lowest BCUT2D eigenvalue weighted by Crippen LogP contribution is -2.05. The zero-order valence-electron chi connectivity index (χ0n) is 12.8. The fourth-order valence-electron chi connectivity index (χ4n) is 2.59. The number of aromatic nitrogens is 3. The minimum absolute atomic E-state index is 0.497. The van der Waals surface area contributed by atoms with Crippen molar-refractivity contribution in [2.45, 2.75) is 58.3 Å². The molecule has 110 valence electrons. The Balaban J connectivity index is 2.30. The molecule has 2 aromatic heterocycles. The highest BCUT2D eigenvalue weighted by Gasteiger charge is 2.17. The van der Waals surface area contributed by atoms with Crippen LogP contribution in [0.25, 0.3) is 5.65 Å². The van der Waals surface area contributed by atoms with E-state index in [1.54, 1.807) is 7.11 Å². The predicted molar refractivity (Wildman–Crippen MR) is 81.3 cm³/mol. The van der Waals surface area contributed by atoms with Crippen LogP contribution in [-0.2, 0) is 0 Å². The summed E-state index contributed by atoms with van der Waals surface area (Å²) in [6.45, 7) is 4.48. The van der Waals surface area contributed by atoms with Gasteiger partial charge in [-0.05, 0) is 25.0 Å². The first-order chi connectivity index (χ1) is 9.80. The van der Waals surface area contributed by atoms with Gasteiger partial charge in [0.2, 0.25) is 0 Å². The fraction of sp³-hybridized carbons (Fsp3) is 0.625. The van der Waals surface area contributed by atoms with Gasteiger partial charge in [-0.1, -0.05) is 39.5 Å². The van der Waals surface area contributed by atoms with Crippen LogP contribution >= 0.6 is 0 Å². The molecule has 0 saturated heterocycles. The molecule has 4 heteroatoms. The smallest absolute Gasteiger partial charge is 0.161 e. The van der Waals surface area contributed by atoms with Gasteiger partial charge in [-0.3, -0.25) is 4.40 Å². The Hall–Kier alpha value is -1.58. The molecule has 0 radical (unpaired) electrons. The predicted octanol–water partition coefficient (Wildman–Crippen LogP) is 4.20. The Labute approximate surface area is 121 Å². The van der Waals surface area contributed by atoms with Crippen molar-refractivity contribution in [2.24, 2.45) is 0 Å². The number of pyridine rings is 1. The van der Waals surface area contributed by atoms with Crippen molar-refractivity contribution in [1.82, 2.24) is 14.6 Å². The lowest BCUT2D eigenvalue weighted by Gasteiger charge is -2.14. The SMILES string of the molecule is CCCCC(CCCC)c1nnc2ccc(OC)cn12. The molecule has 0 bridgehead atoms. The van der Waals surface area contributed by atoms with E-state index in [1.807, 2.05) is 18.3 Å². The number of methoxy groups -OCH3 is 1. The summed E-state index contributed by atoms with van der Waals surface area (Å²) in [4.78, 5) is 0. The number of fused-ring (bicyclic) bond motifs is 1. The zero-order valence-corrected chi connectivity index (χ0v) is 12.8. The third kappa shape index (κ3) is 3.30. The quantitative estimate of drug-likeness (QED) is 0.724. The van der Waals surface area contributed by atoms with Gasteiger partial charge in [-0.25, -0.2) is 0 Å². The summed E-state index contributed by atoms with van der Waals surface area (Å²) in [6.07, 6.45) is 9.31. The molecule has 2 rings (SSSR count). The van der Waals surface area contributed by atoms with Crippen LogP contribution in [0.3, 0.4) is 0 Å². The molecule has 0 fully saturated rings. The van der Waals surface area contributed by atoms with Crippen molar-refractivity contribution in [1.29, 1.82) is 0 Å². The van der Waals surface area contributed by atoms with Crippen molar-refractivity contribution in [2.75, 3.05) is 7.11 Å². The van der Waals surface area contributed by atoms with E-state index in [0.717, 1.165) is 17.2 Å². The van der Waals surface area contributed by atoms with Gasteiger partial charge in [0.25, 0.3) is 0 Å². The first kappa shape index (κ1) is 14.8. The molecular formula is C16H25N3O. The number of rotatable bonds is 8. The molecule has 0 aliphatic carbocycles. The molecule has 20 heavy (non-hydrogen) atoms. The molecule has 0 aliphatic rings. The van der Waals surface area contributed by atoms with Crippen LogP contribution in [0.15, 0.2) is 18.3 Å². The zero-order chi connectivity index (χ0) is 14.4. The van der Waals surface area contributed by atoms with Crippen molar-refractivity contribution < 1.29 is 4.74 Å². The molecule has 4 nitrogen and oxygen atoms in total. The van der Waals surface area contributed by atoms with Crippen LogP contribution < -0.4 is 4.74 Å². The van der Waals surface area contributed by atoms with E-state index in [2.05, 4.69) is 28.4 Å². The molecule has 0 N–H and O–H groups in total. The Bertz CT molecular complexity index is 528. The van der Waals surface area contributed by atoms with E-state index in [9.17, 15) is 0 Å². The minimum Gasteiger partial charge on any atom is -0.495 e. The topological polar surface area (TPSA) is 39.4 Å². The molecule has 0 saturated carbocycles. The summed E-state index contributed by atoms with van der Waals surface area (Å²) in [5.41, 5.74) is 0.902. The van der Waals surface area contributed by atoms with Crippen molar-refractivity contribution >= 4 is 5.65 Å². The summed E-state index contributed by atoms with van der Waals surface area (Å²) in [6, 6.07) is 3.90. The lowest BCUT2D eigenvalue weighted by atomic mass is 9.95. The summed E-state index contributed by atoms with van der Waals surface area (Å²) in [5, 5.41) is 8.72. The van der Waals surface area contributed by atoms with E-state index < -0.39 is 0 Å². The highest BCUT2D eigenvalue weighted by atomic mass is 16.5. The standard InChI is InChI=1S/C16H25N3O/c1-4-6-8-13(9-7-5-2)16-18-17-15-11-10-14(20-3)12-19(15)16/h10-13H,4-9H2,1-3H3. The summed E-state index contributed by atoms with van der Waals surface area (Å²) in [7, 11) is 1.69. The molecule has 0 unspecified atom stereocenters. The second-order valence-electron chi connectivity index (χ2n) is 5.34. The van der Waals surface area contributed by atoms with E-state index in [-0.39, 0.29) is 0 Å². The number of hydrogen-bond donors (Lipinski definition) is 0. The van der Waals surface area contributed by atoms with Crippen molar-refractivity contribution in [3.8, 4) is 5.75 Å². The third-order valence-electron chi connectivity index (χ3n) is 3.81. The summed E-state index contributed by atoms with van der Waals surface area (Å²) >= 11 is 0. The van der Waals surface area contributed by atoms with Gasteiger partial charge in [-0.15, -0.1) is 10.2 Å². The largest absolute Gasteiger partial charge is 0.495 e. The van der Waals surface area contributed by atoms with E-state index >= 15 is 0 Å². The normalized spacial score (nSPS) is 11.4. The number of hydrogen-bond acceptors (Lipinski definition) is 3. The van der Waals surface area contributed by atoms with Gasteiger partial charge in [0.1, 0.15) is 11.6 Å². The highest BCUT2D eigenvalue weighted by molar-refractivity contribution is 5.41. The molecular weight excluding hydrogens is 250 g/mol. The summed E-state index contributed by atoms with van der Waals surface area (Å²) in [5.74, 6) is 2.43. The maximum absolute atomic E-state index is 5.31. The monoisotopic (exact) mass is 275 g/mol. The number of ether oxygens (including phenoxy) is 1.